The zero-order valence-electron chi connectivity index (χ0n) is 8.38. The molecular formula is C9H12N4O2. The fourth-order valence-electron chi connectivity index (χ4n) is 1.57. The van der Waals surface area contributed by atoms with Crippen molar-refractivity contribution in [3.05, 3.63) is 18.2 Å². The molecule has 80 valence electrons. The lowest BCUT2D eigenvalue weighted by Crippen LogP contribution is -2.35. The van der Waals surface area contributed by atoms with Crippen molar-refractivity contribution in [3.8, 4) is 0 Å². The summed E-state index contributed by atoms with van der Waals surface area (Å²) in [5.74, 6) is 0.129. The number of nitrogens with zero attached hydrogens (tertiary/aromatic N) is 3. The van der Waals surface area contributed by atoms with E-state index in [0.717, 1.165) is 4.90 Å². The van der Waals surface area contributed by atoms with Gasteiger partial charge in [0.25, 0.3) is 0 Å². The summed E-state index contributed by atoms with van der Waals surface area (Å²) in [4.78, 5) is 28.1. The highest BCUT2D eigenvalue weighted by atomic mass is 16.2. The van der Waals surface area contributed by atoms with Crippen LogP contribution < -0.4 is 5.73 Å². The summed E-state index contributed by atoms with van der Waals surface area (Å²) < 4.78 is 1.77. The van der Waals surface area contributed by atoms with Gasteiger partial charge in [-0.05, 0) is 0 Å². The molecule has 2 N–H and O–H groups in total. The van der Waals surface area contributed by atoms with E-state index in [2.05, 4.69) is 4.98 Å². The van der Waals surface area contributed by atoms with E-state index < -0.39 is 6.04 Å². The molecule has 1 fully saturated rings. The largest absolute Gasteiger partial charge is 0.337 e. The lowest BCUT2D eigenvalue weighted by Gasteiger charge is -2.13. The number of imidazole rings is 1. The van der Waals surface area contributed by atoms with Gasteiger partial charge in [-0.2, -0.15) is 0 Å². The van der Waals surface area contributed by atoms with Gasteiger partial charge in [-0.15, -0.1) is 0 Å². The molecular weight excluding hydrogens is 196 g/mol. The normalized spacial score (nSPS) is 21.5. The number of nitrogens with two attached hydrogens (primary N) is 1. The van der Waals surface area contributed by atoms with Crippen LogP contribution in [-0.2, 0) is 23.2 Å². The number of amides is 2. The quantitative estimate of drug-likeness (QED) is 0.632. The summed E-state index contributed by atoms with van der Waals surface area (Å²) in [7, 11) is 1.81. The molecule has 0 radical (unpaired) electrons. The van der Waals surface area contributed by atoms with Crippen LogP contribution in [0.15, 0.2) is 12.4 Å². The van der Waals surface area contributed by atoms with Gasteiger partial charge in [0.2, 0.25) is 11.8 Å². The first-order valence-electron chi connectivity index (χ1n) is 4.65. The van der Waals surface area contributed by atoms with Crippen molar-refractivity contribution in [2.75, 3.05) is 0 Å². The Labute approximate surface area is 86.7 Å². The Balaban J connectivity index is 2.16. The molecule has 1 aromatic heterocycles. The van der Waals surface area contributed by atoms with Gasteiger partial charge in [-0.25, -0.2) is 4.98 Å². The second-order valence-electron chi connectivity index (χ2n) is 3.58. The number of imide groups is 1. The molecule has 2 heterocycles. The minimum atomic E-state index is -0.683. The summed E-state index contributed by atoms with van der Waals surface area (Å²) in [5, 5.41) is 0. The Hall–Kier alpha value is -1.69. The lowest BCUT2D eigenvalue weighted by atomic mass is 10.3. The minimum Gasteiger partial charge on any atom is -0.337 e. The van der Waals surface area contributed by atoms with Gasteiger partial charge in [0, 0.05) is 19.4 Å². The lowest BCUT2D eigenvalue weighted by molar-refractivity contribution is -0.139. The van der Waals surface area contributed by atoms with Crippen molar-refractivity contribution in [1.29, 1.82) is 0 Å². The van der Waals surface area contributed by atoms with Crippen LogP contribution in [0, 0.1) is 0 Å². The van der Waals surface area contributed by atoms with Crippen LogP contribution in [0.1, 0.15) is 12.2 Å². The van der Waals surface area contributed by atoms with Gasteiger partial charge in [-0.1, -0.05) is 0 Å². The van der Waals surface area contributed by atoms with Gasteiger partial charge in [0.1, 0.15) is 5.82 Å². The highest BCUT2D eigenvalue weighted by Crippen LogP contribution is 2.13. The molecule has 0 saturated carbocycles. The second kappa shape index (κ2) is 3.47. The maximum atomic E-state index is 11.5. The average molecular weight is 208 g/mol. The maximum Gasteiger partial charge on any atom is 0.247 e. The van der Waals surface area contributed by atoms with Crippen LogP contribution in [0.2, 0.25) is 0 Å². The summed E-state index contributed by atoms with van der Waals surface area (Å²) in [6.45, 7) is 0.203. The average Bonchev–Trinajstić information content (AvgIpc) is 2.67. The number of aromatic nitrogens is 2. The highest BCUT2D eigenvalue weighted by Gasteiger charge is 2.36. The summed E-state index contributed by atoms with van der Waals surface area (Å²) in [5.41, 5.74) is 5.49. The zero-order chi connectivity index (χ0) is 11.0. The van der Waals surface area contributed by atoms with Crippen molar-refractivity contribution in [2.24, 2.45) is 12.8 Å². The molecule has 6 heteroatoms. The molecule has 1 aliphatic heterocycles. The molecule has 2 rings (SSSR count). The van der Waals surface area contributed by atoms with Crippen LogP contribution in [0.4, 0.5) is 0 Å². The summed E-state index contributed by atoms with van der Waals surface area (Å²) in [6, 6.07) is -0.683. The molecule has 0 unspecified atom stereocenters. The summed E-state index contributed by atoms with van der Waals surface area (Å²) >= 11 is 0. The third-order valence-corrected chi connectivity index (χ3v) is 2.50. The second-order valence-corrected chi connectivity index (χ2v) is 3.58. The number of hydrogen-bond acceptors (Lipinski definition) is 4. The van der Waals surface area contributed by atoms with E-state index in [-0.39, 0.29) is 24.8 Å². The van der Waals surface area contributed by atoms with Crippen LogP contribution >= 0.6 is 0 Å². The molecule has 0 aliphatic carbocycles. The zero-order valence-corrected chi connectivity index (χ0v) is 8.38. The molecule has 15 heavy (non-hydrogen) atoms. The van der Waals surface area contributed by atoms with Gasteiger partial charge >= 0.3 is 0 Å². The molecule has 1 aromatic rings. The standard InChI is InChI=1S/C9H12N4O2/c1-12-3-2-11-7(12)5-13-8(14)4-6(10)9(13)15/h2-3,6H,4-5,10H2,1H3/t6-/m0/s1. The first-order chi connectivity index (χ1) is 7.09. The number of carbonyl (C=O) groups excluding carboxylic acids is 2. The number of rotatable bonds is 2. The van der Waals surface area contributed by atoms with Crippen molar-refractivity contribution < 1.29 is 9.59 Å². The predicted octanol–water partition coefficient (Wildman–Crippen LogP) is -0.994. The molecule has 0 bridgehead atoms. The van der Waals surface area contributed by atoms with Crippen LogP contribution in [0.5, 0.6) is 0 Å². The summed E-state index contributed by atoms with van der Waals surface area (Å²) in [6.07, 6.45) is 3.49. The van der Waals surface area contributed by atoms with Crippen LogP contribution in [0.3, 0.4) is 0 Å². The molecule has 0 aromatic carbocycles. The Morgan fingerprint density at radius 1 is 1.60 bits per heavy atom. The third-order valence-electron chi connectivity index (χ3n) is 2.50. The van der Waals surface area contributed by atoms with Crippen LogP contribution in [-0.4, -0.2) is 32.3 Å². The molecule has 1 saturated heterocycles. The van der Waals surface area contributed by atoms with Gasteiger partial charge in [0.05, 0.1) is 19.0 Å². The first kappa shape index (κ1) is 9.85. The van der Waals surface area contributed by atoms with Gasteiger partial charge in [-0.3, -0.25) is 14.5 Å². The molecule has 1 aliphatic rings. The third kappa shape index (κ3) is 1.63. The Morgan fingerprint density at radius 2 is 2.33 bits per heavy atom. The van der Waals surface area contributed by atoms with Gasteiger partial charge in [0.15, 0.2) is 0 Å². The number of hydrogen-bond donors (Lipinski definition) is 1. The Morgan fingerprint density at radius 3 is 2.80 bits per heavy atom. The van der Waals surface area contributed by atoms with Crippen molar-refractivity contribution >= 4 is 11.8 Å². The Kier molecular flexibility index (Phi) is 2.28. The van der Waals surface area contributed by atoms with Crippen molar-refractivity contribution in [1.82, 2.24) is 14.5 Å². The number of carbonyl (C=O) groups is 2. The number of likely N-dealkylation sites (tertiary alicyclic amines) is 1. The minimum absolute atomic E-state index is 0.100. The smallest absolute Gasteiger partial charge is 0.247 e. The van der Waals surface area contributed by atoms with E-state index in [9.17, 15) is 9.59 Å². The Bertz CT molecular complexity index is 412. The van der Waals surface area contributed by atoms with E-state index in [1.165, 1.54) is 0 Å². The fourth-order valence-corrected chi connectivity index (χ4v) is 1.57. The monoisotopic (exact) mass is 208 g/mol. The predicted molar refractivity (Wildman–Crippen MR) is 51.4 cm³/mol. The fraction of sp³-hybridized carbons (Fsp3) is 0.444. The molecule has 0 spiro atoms. The van der Waals surface area contributed by atoms with E-state index in [1.54, 1.807) is 17.0 Å². The SMILES string of the molecule is Cn1ccnc1CN1C(=O)C[C@H](N)C1=O. The highest BCUT2D eigenvalue weighted by molar-refractivity contribution is 6.05. The molecule has 6 nitrogen and oxygen atoms in total. The van der Waals surface area contributed by atoms with Gasteiger partial charge < -0.3 is 10.3 Å². The molecule has 1 atom stereocenters. The van der Waals surface area contributed by atoms with E-state index in [4.69, 9.17) is 5.73 Å². The van der Waals surface area contributed by atoms with Crippen molar-refractivity contribution in [3.63, 3.8) is 0 Å². The molecule has 2 amide bonds. The first-order valence-corrected chi connectivity index (χ1v) is 4.65. The maximum absolute atomic E-state index is 11.5. The van der Waals surface area contributed by atoms with E-state index in [1.807, 2.05) is 7.05 Å². The van der Waals surface area contributed by atoms with E-state index in [0.29, 0.717) is 5.82 Å². The number of aryl methyl sites for hydroxylation is 1. The van der Waals surface area contributed by atoms with Crippen molar-refractivity contribution in [2.45, 2.75) is 19.0 Å². The van der Waals surface area contributed by atoms with Crippen LogP contribution in [0.25, 0.3) is 0 Å². The van der Waals surface area contributed by atoms with E-state index >= 15 is 0 Å². The topological polar surface area (TPSA) is 81.2 Å².